The summed E-state index contributed by atoms with van der Waals surface area (Å²) in [6.45, 7) is 1.74. The number of hydrogen-bond donors (Lipinski definition) is 0. The van der Waals surface area contributed by atoms with Crippen LogP contribution in [0.3, 0.4) is 0 Å². The minimum atomic E-state index is -3.40. The first-order valence-corrected chi connectivity index (χ1v) is 7.02. The Morgan fingerprint density at radius 3 is 2.65 bits per heavy atom. The molecular weight excluding hydrogens is 240 g/mol. The van der Waals surface area contributed by atoms with Gasteiger partial charge >= 0.3 is 0 Å². The van der Waals surface area contributed by atoms with Crippen LogP contribution in [0.15, 0.2) is 24.3 Å². The molecule has 0 aliphatic carbocycles. The summed E-state index contributed by atoms with van der Waals surface area (Å²) in [4.78, 5) is 11.2. The normalized spacial score (nSPS) is 11.4. The van der Waals surface area contributed by atoms with Crippen LogP contribution < -0.4 is 0 Å². The molecule has 0 spiro atoms. The Balaban J connectivity index is 2.70. The molecule has 0 fully saturated rings. The average molecular weight is 256 g/mol. The Morgan fingerprint density at radius 1 is 1.35 bits per heavy atom. The van der Waals surface area contributed by atoms with Crippen molar-refractivity contribution < 1.29 is 17.9 Å². The molecular formula is C12H16O4S. The van der Waals surface area contributed by atoms with Gasteiger partial charge in [-0.25, -0.2) is 8.42 Å². The van der Waals surface area contributed by atoms with Crippen LogP contribution in [0.4, 0.5) is 0 Å². The van der Waals surface area contributed by atoms with Gasteiger partial charge in [0.15, 0.2) is 15.6 Å². The van der Waals surface area contributed by atoms with Gasteiger partial charge in [-0.05, 0) is 12.5 Å². The van der Waals surface area contributed by atoms with Crippen LogP contribution in [0.1, 0.15) is 11.1 Å². The van der Waals surface area contributed by atoms with Crippen molar-refractivity contribution in [2.24, 2.45) is 0 Å². The Bertz CT molecular complexity index is 491. The second kappa shape index (κ2) is 5.93. The zero-order valence-electron chi connectivity index (χ0n) is 9.97. The highest BCUT2D eigenvalue weighted by molar-refractivity contribution is 7.91. The van der Waals surface area contributed by atoms with Crippen molar-refractivity contribution in [1.29, 1.82) is 0 Å². The molecule has 0 saturated carbocycles. The Kier molecular flexibility index (Phi) is 4.84. The number of rotatable bonds is 6. The number of hydrogen-bond acceptors (Lipinski definition) is 4. The van der Waals surface area contributed by atoms with Crippen molar-refractivity contribution >= 4 is 15.6 Å². The first-order valence-electron chi connectivity index (χ1n) is 5.19. The third-order valence-corrected chi connectivity index (χ3v) is 3.69. The highest BCUT2D eigenvalue weighted by Gasteiger charge is 2.17. The number of benzene rings is 1. The van der Waals surface area contributed by atoms with Gasteiger partial charge in [-0.1, -0.05) is 29.8 Å². The van der Waals surface area contributed by atoms with Crippen LogP contribution in [-0.4, -0.2) is 33.7 Å². The summed E-state index contributed by atoms with van der Waals surface area (Å²) in [6.07, 6.45) is 0. The molecule has 0 unspecified atom stereocenters. The molecule has 1 aromatic rings. The highest BCUT2D eigenvalue weighted by Crippen LogP contribution is 2.09. The van der Waals surface area contributed by atoms with Crippen LogP contribution in [0.2, 0.25) is 0 Å². The van der Waals surface area contributed by atoms with E-state index in [0.29, 0.717) is 5.56 Å². The van der Waals surface area contributed by atoms with Gasteiger partial charge in [0.1, 0.15) is 12.4 Å². The van der Waals surface area contributed by atoms with E-state index in [1.54, 1.807) is 18.2 Å². The second-order valence-corrected chi connectivity index (χ2v) is 6.06. The topological polar surface area (TPSA) is 60.4 Å². The van der Waals surface area contributed by atoms with Gasteiger partial charge < -0.3 is 4.74 Å². The fourth-order valence-corrected chi connectivity index (χ4v) is 2.92. The van der Waals surface area contributed by atoms with Gasteiger partial charge in [0.2, 0.25) is 0 Å². The Hall–Kier alpha value is -1.20. The molecule has 0 bridgehead atoms. The molecule has 0 saturated heterocycles. The molecule has 5 heteroatoms. The molecule has 0 N–H and O–H groups in total. The zero-order valence-corrected chi connectivity index (χ0v) is 10.8. The zero-order chi connectivity index (χ0) is 12.9. The van der Waals surface area contributed by atoms with Crippen molar-refractivity contribution in [1.82, 2.24) is 0 Å². The van der Waals surface area contributed by atoms with E-state index in [1.807, 2.05) is 13.0 Å². The van der Waals surface area contributed by atoms with Gasteiger partial charge in [0.05, 0.1) is 5.75 Å². The van der Waals surface area contributed by atoms with Crippen molar-refractivity contribution in [2.75, 3.05) is 19.5 Å². The minimum absolute atomic E-state index is 0.107. The van der Waals surface area contributed by atoms with Crippen molar-refractivity contribution in [3.63, 3.8) is 0 Å². The fraction of sp³-hybridized carbons (Fsp3) is 0.417. The molecule has 1 rings (SSSR count). The summed E-state index contributed by atoms with van der Waals surface area (Å²) in [7, 11) is -2.04. The van der Waals surface area contributed by atoms with E-state index in [0.717, 1.165) is 5.56 Å². The number of carbonyl (C=O) groups excluding carboxylic acids is 1. The van der Waals surface area contributed by atoms with Crippen LogP contribution in [0, 0.1) is 6.92 Å². The maximum atomic E-state index is 11.7. The van der Waals surface area contributed by atoms with Crippen LogP contribution in [-0.2, 0) is 25.1 Å². The molecule has 0 aliphatic heterocycles. The molecule has 0 atom stereocenters. The largest absolute Gasteiger partial charge is 0.377 e. The van der Waals surface area contributed by atoms with E-state index < -0.39 is 21.4 Å². The van der Waals surface area contributed by atoms with E-state index >= 15 is 0 Å². The quantitative estimate of drug-likeness (QED) is 0.765. The van der Waals surface area contributed by atoms with Crippen LogP contribution >= 0.6 is 0 Å². The number of Topliss-reactive ketones (excluding diaryl/α,β-unsaturated/α-hetero) is 1. The lowest BCUT2D eigenvalue weighted by Crippen LogP contribution is -2.21. The van der Waals surface area contributed by atoms with E-state index in [1.165, 1.54) is 7.11 Å². The molecule has 17 heavy (non-hydrogen) atoms. The molecule has 0 radical (unpaired) electrons. The summed E-state index contributed by atoms with van der Waals surface area (Å²) in [5, 5.41) is 0. The smallest absolute Gasteiger partial charge is 0.173 e. The standard InChI is InChI=1S/C12H16O4S/c1-10-4-3-5-11(6-10)8-17(14,15)9-12(13)7-16-2/h3-6H,7-9H2,1-2H3. The lowest BCUT2D eigenvalue weighted by molar-refractivity contribution is -0.120. The second-order valence-electron chi connectivity index (χ2n) is 3.99. The summed E-state index contributed by atoms with van der Waals surface area (Å²) in [5.74, 6) is -0.987. The average Bonchev–Trinajstić information content (AvgIpc) is 2.15. The van der Waals surface area contributed by atoms with E-state index in [-0.39, 0.29) is 12.4 Å². The Morgan fingerprint density at radius 2 is 2.06 bits per heavy atom. The van der Waals surface area contributed by atoms with Crippen molar-refractivity contribution in [3.05, 3.63) is 35.4 Å². The predicted octanol–water partition coefficient (Wildman–Crippen LogP) is 1.13. The Labute approximate surface area is 102 Å². The lowest BCUT2D eigenvalue weighted by atomic mass is 10.2. The predicted molar refractivity (Wildman–Crippen MR) is 65.6 cm³/mol. The molecule has 94 valence electrons. The molecule has 0 heterocycles. The third-order valence-electron chi connectivity index (χ3n) is 2.16. The van der Waals surface area contributed by atoms with E-state index in [2.05, 4.69) is 4.74 Å². The number of ketones is 1. The maximum absolute atomic E-state index is 11.7. The number of carbonyl (C=O) groups is 1. The van der Waals surface area contributed by atoms with Crippen LogP contribution in [0.25, 0.3) is 0 Å². The molecule has 0 aromatic heterocycles. The number of aryl methyl sites for hydroxylation is 1. The molecule has 0 amide bonds. The molecule has 0 aliphatic rings. The van der Waals surface area contributed by atoms with Crippen LogP contribution in [0.5, 0.6) is 0 Å². The van der Waals surface area contributed by atoms with Crippen molar-refractivity contribution in [3.8, 4) is 0 Å². The van der Waals surface area contributed by atoms with Gasteiger partial charge in [0, 0.05) is 7.11 Å². The maximum Gasteiger partial charge on any atom is 0.173 e. The summed E-state index contributed by atoms with van der Waals surface area (Å²) in [6, 6.07) is 7.24. The number of ether oxygens (including phenoxy) is 1. The minimum Gasteiger partial charge on any atom is -0.377 e. The van der Waals surface area contributed by atoms with Gasteiger partial charge in [-0.15, -0.1) is 0 Å². The third kappa shape index (κ3) is 5.10. The van der Waals surface area contributed by atoms with Gasteiger partial charge in [-0.2, -0.15) is 0 Å². The summed E-state index contributed by atoms with van der Waals surface area (Å²) >= 11 is 0. The lowest BCUT2D eigenvalue weighted by Gasteiger charge is -2.04. The molecule has 1 aromatic carbocycles. The van der Waals surface area contributed by atoms with Gasteiger partial charge in [0.25, 0.3) is 0 Å². The number of methoxy groups -OCH3 is 1. The first-order chi connectivity index (χ1) is 7.93. The van der Waals surface area contributed by atoms with E-state index in [4.69, 9.17) is 0 Å². The summed E-state index contributed by atoms with van der Waals surface area (Å²) in [5.41, 5.74) is 1.70. The molecule has 4 nitrogen and oxygen atoms in total. The number of sulfone groups is 1. The van der Waals surface area contributed by atoms with Gasteiger partial charge in [-0.3, -0.25) is 4.79 Å². The van der Waals surface area contributed by atoms with E-state index in [9.17, 15) is 13.2 Å². The van der Waals surface area contributed by atoms with Crippen molar-refractivity contribution in [2.45, 2.75) is 12.7 Å². The highest BCUT2D eigenvalue weighted by atomic mass is 32.2. The summed E-state index contributed by atoms with van der Waals surface area (Å²) < 4.78 is 28.0. The fourth-order valence-electron chi connectivity index (χ4n) is 1.55. The monoisotopic (exact) mass is 256 g/mol. The SMILES string of the molecule is COCC(=O)CS(=O)(=O)Cc1cccc(C)c1. The first kappa shape index (κ1) is 13.9.